The predicted molar refractivity (Wildman–Crippen MR) is 158 cm³/mol. The molecule has 1 amide bonds. The smallest absolute Gasteiger partial charge is 0.263 e. The van der Waals surface area contributed by atoms with E-state index in [-0.39, 0.29) is 28.2 Å². The lowest BCUT2D eigenvalue weighted by atomic mass is 9.82. The Balaban J connectivity index is 1.15. The fraction of sp³-hybridized carbons (Fsp3) is 0.207. The summed E-state index contributed by atoms with van der Waals surface area (Å²) in [5, 5.41) is 20.6. The Hall–Kier alpha value is -3.98. The second-order valence-electron chi connectivity index (χ2n) is 9.43. The van der Waals surface area contributed by atoms with Crippen molar-refractivity contribution in [2.45, 2.75) is 41.5 Å². The highest BCUT2D eigenvalue weighted by Gasteiger charge is 2.23. The van der Waals surface area contributed by atoms with Gasteiger partial charge >= 0.3 is 0 Å². The third-order valence-electron chi connectivity index (χ3n) is 6.63. The van der Waals surface area contributed by atoms with Crippen molar-refractivity contribution in [3.05, 3.63) is 100 Å². The zero-order chi connectivity index (χ0) is 28.8. The zero-order valence-corrected chi connectivity index (χ0v) is 24.1. The summed E-state index contributed by atoms with van der Waals surface area (Å²) in [6.45, 7) is 0. The lowest BCUT2D eigenvalue weighted by molar-refractivity contribution is -0.115. The van der Waals surface area contributed by atoms with Gasteiger partial charge in [0.15, 0.2) is 11.0 Å². The van der Waals surface area contributed by atoms with Gasteiger partial charge in [-0.2, -0.15) is 5.26 Å². The Morgan fingerprint density at radius 2 is 1.85 bits per heavy atom. The van der Waals surface area contributed by atoms with Gasteiger partial charge in [0.2, 0.25) is 5.91 Å². The summed E-state index contributed by atoms with van der Waals surface area (Å²) >= 11 is 7.07. The average molecular weight is 605 g/mol. The van der Waals surface area contributed by atoms with Crippen molar-refractivity contribution in [1.82, 2.24) is 15.2 Å². The summed E-state index contributed by atoms with van der Waals surface area (Å²) in [6, 6.07) is 23.2. The third kappa shape index (κ3) is 7.21. The number of aromatic nitrogens is 3. The van der Waals surface area contributed by atoms with E-state index in [0.717, 1.165) is 30.5 Å². The maximum atomic E-state index is 12.6. The number of nitrogens with zero attached hydrogens (tertiary/aromatic N) is 4. The van der Waals surface area contributed by atoms with Gasteiger partial charge in [-0.05, 0) is 78.8 Å². The van der Waals surface area contributed by atoms with Gasteiger partial charge in [-0.3, -0.25) is 9.52 Å². The molecule has 208 valence electrons. The molecule has 1 aliphatic carbocycles. The van der Waals surface area contributed by atoms with Crippen molar-refractivity contribution in [2.75, 3.05) is 15.8 Å². The number of hydrogen-bond donors (Lipinski definition) is 2. The molecule has 41 heavy (non-hydrogen) atoms. The molecular formula is C29H25ClN6O3S2. The molecule has 0 fully saturated rings. The highest BCUT2D eigenvalue weighted by molar-refractivity contribution is 7.99. The minimum absolute atomic E-state index is 0.000380. The van der Waals surface area contributed by atoms with Crippen LogP contribution >= 0.6 is 23.4 Å². The second-order valence-corrected chi connectivity index (χ2v) is 12.6. The number of carbonyl (C=O) groups excluding carboxylic acids is 1. The summed E-state index contributed by atoms with van der Waals surface area (Å²) in [5.41, 5.74) is 4.43. The highest BCUT2D eigenvalue weighted by atomic mass is 35.5. The van der Waals surface area contributed by atoms with Crippen molar-refractivity contribution in [3.63, 3.8) is 0 Å². The molecule has 0 bridgehead atoms. The summed E-state index contributed by atoms with van der Waals surface area (Å²) in [7, 11) is -3.89. The van der Waals surface area contributed by atoms with Gasteiger partial charge in [0.25, 0.3) is 10.0 Å². The van der Waals surface area contributed by atoms with Crippen molar-refractivity contribution >= 4 is 50.8 Å². The second kappa shape index (κ2) is 12.7. The molecule has 4 aromatic rings. The van der Waals surface area contributed by atoms with Crippen LogP contribution in [0.25, 0.3) is 0 Å². The largest absolute Gasteiger partial charge is 0.326 e. The summed E-state index contributed by atoms with van der Waals surface area (Å²) in [5.74, 6) is 0.665. The van der Waals surface area contributed by atoms with E-state index in [2.05, 4.69) is 50.6 Å². The fourth-order valence-electron chi connectivity index (χ4n) is 4.59. The average Bonchev–Trinajstić information content (AvgIpc) is 2.98. The lowest BCUT2D eigenvalue weighted by Gasteiger charge is -2.25. The number of nitriles is 1. The molecular weight excluding hydrogens is 580 g/mol. The van der Waals surface area contributed by atoms with E-state index < -0.39 is 10.0 Å². The number of aryl methyl sites for hydroxylation is 1. The van der Waals surface area contributed by atoms with Gasteiger partial charge in [0.1, 0.15) is 11.1 Å². The van der Waals surface area contributed by atoms with Crippen LogP contribution in [0.2, 0.25) is 5.15 Å². The van der Waals surface area contributed by atoms with Crippen LogP contribution in [0.5, 0.6) is 0 Å². The number of amides is 1. The molecule has 2 aromatic carbocycles. The Morgan fingerprint density at radius 1 is 1.07 bits per heavy atom. The van der Waals surface area contributed by atoms with Gasteiger partial charge < -0.3 is 5.32 Å². The van der Waals surface area contributed by atoms with Crippen molar-refractivity contribution in [1.29, 1.82) is 5.26 Å². The van der Waals surface area contributed by atoms with Gasteiger partial charge in [-0.15, -0.1) is 22.0 Å². The van der Waals surface area contributed by atoms with Crippen LogP contribution in [0.4, 0.5) is 11.5 Å². The number of hydrogen-bond acceptors (Lipinski definition) is 8. The van der Waals surface area contributed by atoms with Gasteiger partial charge in [-0.1, -0.05) is 41.9 Å². The Bertz CT molecular complexity index is 1690. The molecule has 2 heterocycles. The number of halogens is 1. The van der Waals surface area contributed by atoms with E-state index in [1.54, 1.807) is 0 Å². The first-order valence-corrected chi connectivity index (χ1v) is 15.7. The first kappa shape index (κ1) is 28.5. The first-order chi connectivity index (χ1) is 19.8. The number of sulfonamides is 1. The maximum absolute atomic E-state index is 12.6. The Morgan fingerprint density at radius 3 is 2.56 bits per heavy atom. The third-order valence-corrected chi connectivity index (χ3v) is 9.20. The van der Waals surface area contributed by atoms with Crippen LogP contribution in [0.15, 0.2) is 82.7 Å². The SMILES string of the molecule is N#Cc1cc2c(nc1SCCC(=O)Nc1ccc(S(=O)(=O)Nc3ccc(Cl)nn3)cc1)CCC(c1ccccc1)C2. The van der Waals surface area contributed by atoms with E-state index in [4.69, 9.17) is 16.6 Å². The van der Waals surface area contributed by atoms with Crippen LogP contribution in [0.1, 0.15) is 41.1 Å². The topological polar surface area (TPSA) is 138 Å². The first-order valence-electron chi connectivity index (χ1n) is 12.8. The van der Waals surface area contributed by atoms with Crippen LogP contribution < -0.4 is 10.0 Å². The minimum atomic E-state index is -3.89. The normalized spacial score (nSPS) is 14.5. The van der Waals surface area contributed by atoms with Gasteiger partial charge in [0.05, 0.1) is 10.5 Å². The standard InChI is InChI=1S/C29H25ClN6O3S2/c30-26-12-13-27(35-34-26)36-41(38,39)24-9-7-23(8-10-24)32-28(37)14-15-40-29-22(18-31)17-21-16-20(6-11-25(21)33-29)19-4-2-1-3-5-19/h1-5,7-10,12-13,17,20H,6,11,14-16H2,(H,32,37)(H,35,36). The molecule has 5 rings (SSSR count). The summed E-state index contributed by atoms with van der Waals surface area (Å²) < 4.78 is 27.5. The van der Waals surface area contributed by atoms with Crippen molar-refractivity contribution in [2.24, 2.45) is 0 Å². The van der Waals surface area contributed by atoms with Crippen molar-refractivity contribution < 1.29 is 13.2 Å². The quantitative estimate of drug-likeness (QED) is 0.236. The van der Waals surface area contributed by atoms with E-state index >= 15 is 0 Å². The molecule has 0 saturated heterocycles. The molecule has 9 nitrogen and oxygen atoms in total. The highest BCUT2D eigenvalue weighted by Crippen LogP contribution is 2.34. The summed E-state index contributed by atoms with van der Waals surface area (Å²) in [4.78, 5) is 17.3. The van der Waals surface area contributed by atoms with E-state index in [0.29, 0.717) is 27.9 Å². The van der Waals surface area contributed by atoms with Crippen LogP contribution in [0, 0.1) is 11.3 Å². The molecule has 1 unspecified atom stereocenters. The van der Waals surface area contributed by atoms with E-state index in [1.807, 2.05) is 12.1 Å². The molecule has 0 spiro atoms. The van der Waals surface area contributed by atoms with Crippen LogP contribution in [0.3, 0.4) is 0 Å². The number of nitrogens with one attached hydrogen (secondary N) is 2. The maximum Gasteiger partial charge on any atom is 0.263 e. The van der Waals surface area contributed by atoms with Gasteiger partial charge in [0, 0.05) is 23.6 Å². The zero-order valence-electron chi connectivity index (χ0n) is 21.7. The van der Waals surface area contributed by atoms with E-state index in [9.17, 15) is 18.5 Å². The molecule has 0 aliphatic heterocycles. The molecule has 1 aliphatic rings. The monoisotopic (exact) mass is 604 g/mol. The molecule has 12 heteroatoms. The fourth-order valence-corrected chi connectivity index (χ4v) is 6.61. The number of benzene rings is 2. The number of thioether (sulfide) groups is 1. The molecule has 0 saturated carbocycles. The minimum Gasteiger partial charge on any atom is -0.326 e. The van der Waals surface area contributed by atoms with Crippen LogP contribution in [-0.4, -0.2) is 35.3 Å². The number of pyridine rings is 1. The van der Waals surface area contributed by atoms with Crippen molar-refractivity contribution in [3.8, 4) is 6.07 Å². The Kier molecular flexibility index (Phi) is 8.83. The van der Waals surface area contributed by atoms with Gasteiger partial charge in [-0.25, -0.2) is 13.4 Å². The lowest BCUT2D eigenvalue weighted by Crippen LogP contribution is -2.16. The summed E-state index contributed by atoms with van der Waals surface area (Å²) in [6.07, 6.45) is 2.91. The number of rotatable bonds is 9. The number of fused-ring (bicyclic) bond motifs is 1. The number of anilines is 2. The predicted octanol–water partition coefficient (Wildman–Crippen LogP) is 5.59. The van der Waals surface area contributed by atoms with E-state index in [1.165, 1.54) is 53.7 Å². The molecule has 0 radical (unpaired) electrons. The number of carbonyl (C=O) groups is 1. The molecule has 1 atom stereocenters. The van der Waals surface area contributed by atoms with Crippen LogP contribution in [-0.2, 0) is 27.7 Å². The Labute approximate surface area is 247 Å². The molecule has 2 aromatic heterocycles. The molecule has 2 N–H and O–H groups in total.